The zero-order chi connectivity index (χ0) is 22.1. The van der Waals surface area contributed by atoms with Crippen molar-refractivity contribution in [1.82, 2.24) is 18.9 Å². The average Bonchev–Trinajstić information content (AvgIpc) is 3.27. The molecule has 0 radical (unpaired) electrons. The van der Waals surface area contributed by atoms with Gasteiger partial charge in [0, 0.05) is 18.8 Å². The van der Waals surface area contributed by atoms with Gasteiger partial charge in [-0.05, 0) is 49.4 Å². The number of aromatic nitrogens is 4. The van der Waals surface area contributed by atoms with E-state index >= 15 is 0 Å². The second kappa shape index (κ2) is 7.80. The maximum atomic E-state index is 13.1. The van der Waals surface area contributed by atoms with Crippen LogP contribution in [-0.4, -0.2) is 26.0 Å². The van der Waals surface area contributed by atoms with Crippen LogP contribution in [0.1, 0.15) is 11.3 Å². The van der Waals surface area contributed by atoms with Crippen LogP contribution in [0.15, 0.2) is 70.4 Å². The van der Waals surface area contributed by atoms with Crippen LogP contribution in [0.2, 0.25) is 0 Å². The number of rotatable bonds is 4. The second-order valence-corrected chi connectivity index (χ2v) is 6.93. The Morgan fingerprint density at radius 3 is 2.45 bits per heavy atom. The van der Waals surface area contributed by atoms with E-state index in [1.807, 2.05) is 0 Å². The molecule has 0 spiro atoms. The van der Waals surface area contributed by atoms with E-state index in [1.54, 1.807) is 79.5 Å². The molecule has 0 aliphatic heterocycles. The van der Waals surface area contributed by atoms with Crippen molar-refractivity contribution in [3.8, 4) is 34.5 Å². The van der Waals surface area contributed by atoms with Gasteiger partial charge in [-0.2, -0.15) is 10.4 Å². The SMILES string of the molecule is COc1cccc(-n2c(C)c(-c3ccnn3-c3ccc(C#N)cc3)c(=O)n(C)c2=O)c1. The fraction of sp³-hybridized carbons (Fsp3) is 0.130. The summed E-state index contributed by atoms with van der Waals surface area (Å²) in [5.41, 5.74) is 2.31. The first-order valence-corrected chi connectivity index (χ1v) is 9.48. The molecule has 2 heterocycles. The first-order valence-electron chi connectivity index (χ1n) is 9.48. The molecule has 0 amide bonds. The number of hydrogen-bond donors (Lipinski definition) is 0. The highest BCUT2D eigenvalue weighted by Crippen LogP contribution is 2.24. The molecule has 4 aromatic rings. The van der Waals surface area contributed by atoms with Gasteiger partial charge in [0.2, 0.25) is 0 Å². The van der Waals surface area contributed by atoms with Gasteiger partial charge in [-0.15, -0.1) is 0 Å². The lowest BCUT2D eigenvalue weighted by atomic mass is 10.1. The van der Waals surface area contributed by atoms with Gasteiger partial charge >= 0.3 is 5.69 Å². The van der Waals surface area contributed by atoms with E-state index in [-0.39, 0.29) is 0 Å². The Balaban J connectivity index is 1.98. The Morgan fingerprint density at radius 2 is 1.77 bits per heavy atom. The van der Waals surface area contributed by atoms with Gasteiger partial charge in [0.1, 0.15) is 5.75 Å². The van der Waals surface area contributed by atoms with Crippen molar-refractivity contribution in [3.05, 3.63) is 92.9 Å². The number of nitriles is 1. The van der Waals surface area contributed by atoms with Crippen LogP contribution >= 0.6 is 0 Å². The minimum absolute atomic E-state index is 0.353. The number of methoxy groups -OCH3 is 1. The van der Waals surface area contributed by atoms with Gasteiger partial charge in [-0.25, -0.2) is 9.48 Å². The fourth-order valence-corrected chi connectivity index (χ4v) is 3.54. The molecule has 31 heavy (non-hydrogen) atoms. The van der Waals surface area contributed by atoms with Gasteiger partial charge in [0.15, 0.2) is 0 Å². The summed E-state index contributed by atoms with van der Waals surface area (Å²) in [7, 11) is 3.00. The molecule has 0 fully saturated rings. The van der Waals surface area contributed by atoms with E-state index in [2.05, 4.69) is 11.2 Å². The lowest BCUT2D eigenvalue weighted by Crippen LogP contribution is -2.39. The van der Waals surface area contributed by atoms with E-state index in [9.17, 15) is 9.59 Å². The Labute approximate surface area is 177 Å². The molecule has 0 aliphatic carbocycles. The zero-order valence-electron chi connectivity index (χ0n) is 17.2. The molecule has 0 saturated heterocycles. The first kappa shape index (κ1) is 19.9. The van der Waals surface area contributed by atoms with Crippen molar-refractivity contribution in [1.29, 1.82) is 5.26 Å². The second-order valence-electron chi connectivity index (χ2n) is 6.93. The maximum Gasteiger partial charge on any atom is 0.335 e. The predicted octanol–water partition coefficient (Wildman–Crippen LogP) is 2.58. The predicted molar refractivity (Wildman–Crippen MR) is 116 cm³/mol. The van der Waals surface area contributed by atoms with E-state index in [0.29, 0.717) is 39.6 Å². The van der Waals surface area contributed by atoms with Gasteiger partial charge in [0.25, 0.3) is 5.56 Å². The van der Waals surface area contributed by atoms with Crippen LogP contribution in [0.4, 0.5) is 0 Å². The number of hydrogen-bond acceptors (Lipinski definition) is 5. The highest BCUT2D eigenvalue weighted by Gasteiger charge is 2.21. The Morgan fingerprint density at radius 1 is 1.03 bits per heavy atom. The van der Waals surface area contributed by atoms with Crippen molar-refractivity contribution in [3.63, 3.8) is 0 Å². The lowest BCUT2D eigenvalue weighted by molar-refractivity contribution is 0.414. The van der Waals surface area contributed by atoms with Gasteiger partial charge in [-0.1, -0.05) is 6.07 Å². The summed E-state index contributed by atoms with van der Waals surface area (Å²) in [4.78, 5) is 26.1. The summed E-state index contributed by atoms with van der Waals surface area (Å²) in [5, 5.41) is 13.4. The van der Waals surface area contributed by atoms with Crippen LogP contribution in [0, 0.1) is 18.3 Å². The smallest absolute Gasteiger partial charge is 0.335 e. The third kappa shape index (κ3) is 3.32. The Hall–Kier alpha value is -4.38. The van der Waals surface area contributed by atoms with Crippen molar-refractivity contribution in [2.75, 3.05) is 7.11 Å². The first-order chi connectivity index (χ1) is 15.0. The number of ether oxygens (including phenoxy) is 1. The maximum absolute atomic E-state index is 13.1. The fourth-order valence-electron chi connectivity index (χ4n) is 3.54. The molecule has 2 aromatic heterocycles. The van der Waals surface area contributed by atoms with Crippen LogP contribution in [0.5, 0.6) is 5.75 Å². The largest absolute Gasteiger partial charge is 0.497 e. The molecule has 154 valence electrons. The zero-order valence-corrected chi connectivity index (χ0v) is 17.2. The van der Waals surface area contributed by atoms with E-state index < -0.39 is 11.2 Å². The summed E-state index contributed by atoms with van der Waals surface area (Å²) < 4.78 is 9.47. The van der Waals surface area contributed by atoms with Crippen molar-refractivity contribution >= 4 is 0 Å². The summed E-state index contributed by atoms with van der Waals surface area (Å²) in [6.07, 6.45) is 1.59. The van der Waals surface area contributed by atoms with Crippen LogP contribution in [0.25, 0.3) is 22.6 Å². The Bertz CT molecular complexity index is 1440. The molecule has 2 aromatic carbocycles. The lowest BCUT2D eigenvalue weighted by Gasteiger charge is -2.17. The van der Waals surface area contributed by atoms with Gasteiger partial charge in [0.05, 0.1) is 47.6 Å². The third-order valence-electron chi connectivity index (χ3n) is 5.15. The normalized spacial score (nSPS) is 10.6. The standard InChI is InChI=1S/C23H19N5O3/c1-15-21(20-11-12-25-28(20)17-9-7-16(14-24)8-10-17)22(29)26(2)23(30)27(15)18-5-4-6-19(13-18)31-3/h4-13H,1-3H3. The highest BCUT2D eigenvalue weighted by atomic mass is 16.5. The Kier molecular flexibility index (Phi) is 5.01. The van der Waals surface area contributed by atoms with Crippen molar-refractivity contribution < 1.29 is 4.74 Å². The minimum Gasteiger partial charge on any atom is -0.497 e. The summed E-state index contributed by atoms with van der Waals surface area (Å²) in [5.74, 6) is 0.599. The van der Waals surface area contributed by atoms with Crippen LogP contribution in [0.3, 0.4) is 0 Å². The number of nitrogens with zero attached hydrogens (tertiary/aromatic N) is 5. The quantitative estimate of drug-likeness (QED) is 0.513. The van der Waals surface area contributed by atoms with E-state index in [4.69, 9.17) is 10.00 Å². The topological polar surface area (TPSA) is 94.8 Å². The summed E-state index contributed by atoms with van der Waals surface area (Å²) in [6.45, 7) is 1.73. The van der Waals surface area contributed by atoms with Crippen LogP contribution in [-0.2, 0) is 7.05 Å². The highest BCUT2D eigenvalue weighted by molar-refractivity contribution is 5.64. The van der Waals surface area contributed by atoms with Crippen molar-refractivity contribution in [2.24, 2.45) is 7.05 Å². The molecule has 8 heteroatoms. The molecule has 0 N–H and O–H groups in total. The monoisotopic (exact) mass is 413 g/mol. The molecule has 0 bridgehead atoms. The summed E-state index contributed by atoms with van der Waals surface area (Å²) in [6, 6.07) is 17.8. The molecule has 0 unspecified atom stereocenters. The molecule has 8 nitrogen and oxygen atoms in total. The van der Waals surface area contributed by atoms with Gasteiger partial charge in [-0.3, -0.25) is 13.9 Å². The molecule has 0 atom stereocenters. The molecular weight excluding hydrogens is 394 g/mol. The molecular formula is C23H19N5O3. The van der Waals surface area contributed by atoms with E-state index in [0.717, 1.165) is 4.57 Å². The van der Waals surface area contributed by atoms with Crippen molar-refractivity contribution in [2.45, 2.75) is 6.92 Å². The summed E-state index contributed by atoms with van der Waals surface area (Å²) >= 11 is 0. The van der Waals surface area contributed by atoms with E-state index in [1.165, 1.54) is 11.6 Å². The molecule has 0 saturated carbocycles. The van der Waals surface area contributed by atoms with Crippen LogP contribution < -0.4 is 16.0 Å². The average molecular weight is 413 g/mol. The molecule has 0 aliphatic rings. The molecule has 4 rings (SSSR count). The van der Waals surface area contributed by atoms with Gasteiger partial charge < -0.3 is 4.74 Å². The number of benzene rings is 2. The minimum atomic E-state index is -0.455. The third-order valence-corrected chi connectivity index (χ3v) is 5.15.